The Morgan fingerprint density at radius 2 is 1.90 bits per heavy atom. The van der Waals surface area contributed by atoms with Gasteiger partial charge in [0.15, 0.2) is 0 Å². The number of rotatable bonds is 5. The van der Waals surface area contributed by atoms with Gasteiger partial charge in [-0.15, -0.1) is 11.3 Å². The molecular weight excluding hydrogens is 436 g/mol. The normalized spacial score (nSPS) is 16.3. The Morgan fingerprint density at radius 3 is 2.55 bits per heavy atom. The Kier molecular flexibility index (Phi) is 5.67. The van der Waals surface area contributed by atoms with Gasteiger partial charge in [-0.1, -0.05) is 11.6 Å². The first-order chi connectivity index (χ1) is 13.9. The van der Waals surface area contributed by atoms with E-state index in [1.165, 1.54) is 10.4 Å². The van der Waals surface area contributed by atoms with Crippen LogP contribution in [0.4, 0.5) is 0 Å². The molecule has 0 unspecified atom stereocenters. The zero-order valence-electron chi connectivity index (χ0n) is 15.6. The molecule has 0 spiro atoms. The Balaban J connectivity index is 1.49. The van der Waals surface area contributed by atoms with Gasteiger partial charge >= 0.3 is 5.63 Å². The van der Waals surface area contributed by atoms with Crippen molar-refractivity contribution in [3.05, 3.63) is 56.7 Å². The van der Waals surface area contributed by atoms with Crippen molar-refractivity contribution in [2.24, 2.45) is 0 Å². The van der Waals surface area contributed by atoms with E-state index in [1.54, 1.807) is 25.3 Å². The van der Waals surface area contributed by atoms with Crippen LogP contribution >= 0.6 is 22.9 Å². The first-order valence-electron chi connectivity index (χ1n) is 8.95. The molecule has 2 aromatic heterocycles. The summed E-state index contributed by atoms with van der Waals surface area (Å²) in [6, 6.07) is 10.0. The van der Waals surface area contributed by atoms with Crippen molar-refractivity contribution in [2.45, 2.75) is 10.8 Å². The summed E-state index contributed by atoms with van der Waals surface area (Å²) in [6.07, 6.45) is 0. The number of methoxy groups -OCH3 is 1. The van der Waals surface area contributed by atoms with Gasteiger partial charge in [0.25, 0.3) is 10.0 Å². The lowest BCUT2D eigenvalue weighted by Crippen LogP contribution is -2.48. The summed E-state index contributed by atoms with van der Waals surface area (Å²) in [5, 5.41) is 0.841. The molecule has 1 aliphatic rings. The van der Waals surface area contributed by atoms with Crippen LogP contribution < -0.4 is 10.4 Å². The van der Waals surface area contributed by atoms with E-state index in [4.69, 9.17) is 20.8 Å². The zero-order chi connectivity index (χ0) is 20.6. The van der Waals surface area contributed by atoms with Crippen LogP contribution in [-0.2, 0) is 16.6 Å². The van der Waals surface area contributed by atoms with Crippen molar-refractivity contribution >= 4 is 43.9 Å². The summed E-state index contributed by atoms with van der Waals surface area (Å²) in [6.45, 7) is 2.43. The lowest BCUT2D eigenvalue weighted by atomic mass is 10.1. The highest BCUT2D eigenvalue weighted by atomic mass is 35.5. The van der Waals surface area contributed by atoms with Gasteiger partial charge in [-0.25, -0.2) is 13.2 Å². The molecule has 1 aromatic carbocycles. The van der Waals surface area contributed by atoms with Crippen LogP contribution in [0.5, 0.6) is 5.75 Å². The second kappa shape index (κ2) is 8.08. The summed E-state index contributed by atoms with van der Waals surface area (Å²) >= 11 is 6.95. The van der Waals surface area contributed by atoms with Crippen LogP contribution in [0.25, 0.3) is 11.0 Å². The summed E-state index contributed by atoms with van der Waals surface area (Å²) in [5.41, 5.74) is 0.902. The number of benzene rings is 1. The molecule has 1 saturated heterocycles. The quantitative estimate of drug-likeness (QED) is 0.551. The molecule has 1 fully saturated rings. The largest absolute Gasteiger partial charge is 0.497 e. The molecule has 3 heterocycles. The highest BCUT2D eigenvalue weighted by molar-refractivity contribution is 7.91. The van der Waals surface area contributed by atoms with E-state index in [-0.39, 0.29) is 4.21 Å². The number of piperazine rings is 1. The van der Waals surface area contributed by atoms with Crippen LogP contribution in [0.2, 0.25) is 4.34 Å². The maximum Gasteiger partial charge on any atom is 0.336 e. The number of sulfonamides is 1. The predicted octanol–water partition coefficient (Wildman–Crippen LogP) is 3.02. The molecular formula is C19H19ClN2O5S2. The van der Waals surface area contributed by atoms with E-state index in [1.807, 2.05) is 12.1 Å². The third-order valence-corrected chi connectivity index (χ3v) is 8.50. The number of halogens is 1. The number of hydrogen-bond acceptors (Lipinski definition) is 7. The van der Waals surface area contributed by atoms with Gasteiger partial charge in [0.05, 0.1) is 11.4 Å². The van der Waals surface area contributed by atoms with Crippen molar-refractivity contribution in [1.29, 1.82) is 0 Å². The molecule has 10 heteroatoms. The minimum atomic E-state index is -3.52. The average Bonchev–Trinajstić information content (AvgIpc) is 3.15. The Bertz CT molecular complexity index is 1200. The van der Waals surface area contributed by atoms with Gasteiger partial charge in [-0.3, -0.25) is 4.90 Å². The number of nitrogens with zero attached hydrogens (tertiary/aromatic N) is 2. The molecule has 0 bridgehead atoms. The number of thiophene rings is 1. The maximum atomic E-state index is 12.7. The molecule has 0 aliphatic carbocycles. The Morgan fingerprint density at radius 1 is 1.14 bits per heavy atom. The van der Waals surface area contributed by atoms with Gasteiger partial charge in [-0.05, 0) is 29.8 Å². The molecule has 154 valence electrons. The second-order valence-corrected chi connectivity index (χ2v) is 10.6. The van der Waals surface area contributed by atoms with Crippen LogP contribution in [0.1, 0.15) is 5.56 Å². The molecule has 0 amide bonds. The number of hydrogen-bond donors (Lipinski definition) is 0. The molecule has 0 N–H and O–H groups in total. The molecule has 3 aromatic rings. The predicted molar refractivity (Wildman–Crippen MR) is 112 cm³/mol. The first kappa shape index (κ1) is 20.4. The van der Waals surface area contributed by atoms with Crippen molar-refractivity contribution in [1.82, 2.24) is 9.21 Å². The molecule has 0 saturated carbocycles. The van der Waals surface area contributed by atoms with Crippen molar-refractivity contribution in [3.8, 4) is 5.75 Å². The first-order valence-corrected chi connectivity index (χ1v) is 11.6. The fourth-order valence-corrected chi connectivity index (χ4v) is 6.46. The van der Waals surface area contributed by atoms with Crippen LogP contribution in [-0.4, -0.2) is 50.9 Å². The lowest BCUT2D eigenvalue weighted by Gasteiger charge is -2.33. The Labute approximate surface area is 177 Å². The molecule has 29 heavy (non-hydrogen) atoms. The van der Waals surface area contributed by atoms with Crippen LogP contribution in [0.15, 0.2) is 49.8 Å². The molecule has 1 aliphatic heterocycles. The van der Waals surface area contributed by atoms with Gasteiger partial charge in [-0.2, -0.15) is 4.31 Å². The maximum absolute atomic E-state index is 12.7. The van der Waals surface area contributed by atoms with E-state index in [9.17, 15) is 13.2 Å². The third kappa shape index (κ3) is 4.19. The van der Waals surface area contributed by atoms with Crippen molar-refractivity contribution in [3.63, 3.8) is 0 Å². The minimum Gasteiger partial charge on any atom is -0.497 e. The van der Waals surface area contributed by atoms with Gasteiger partial charge in [0.1, 0.15) is 15.5 Å². The SMILES string of the molecule is COc1ccc2c(CN3CCN(S(=O)(=O)c4ccc(Cl)s4)CC3)cc(=O)oc2c1. The third-order valence-electron chi connectivity index (χ3n) is 4.91. The summed E-state index contributed by atoms with van der Waals surface area (Å²) in [5.74, 6) is 0.616. The molecule has 0 atom stereocenters. The molecule has 4 rings (SSSR count). The molecule has 7 nitrogen and oxygen atoms in total. The summed E-state index contributed by atoms with van der Waals surface area (Å²) < 4.78 is 38.2. The fraction of sp³-hybridized carbons (Fsp3) is 0.316. The standard InChI is InChI=1S/C19H19ClN2O5S2/c1-26-14-2-3-15-13(10-18(23)27-16(15)11-14)12-21-6-8-22(9-7-21)29(24,25)19-5-4-17(20)28-19/h2-5,10-11H,6-9,12H2,1H3. The van der Waals surface area contributed by atoms with E-state index >= 15 is 0 Å². The number of fused-ring (bicyclic) bond motifs is 1. The summed E-state index contributed by atoms with van der Waals surface area (Å²) in [4.78, 5) is 14.1. The van der Waals surface area contributed by atoms with E-state index in [0.29, 0.717) is 48.4 Å². The average molecular weight is 455 g/mol. The van der Waals surface area contributed by atoms with Gasteiger partial charge in [0.2, 0.25) is 0 Å². The zero-order valence-corrected chi connectivity index (χ0v) is 18.0. The van der Waals surface area contributed by atoms with Crippen molar-refractivity contribution < 1.29 is 17.6 Å². The Hall–Kier alpha value is -1.91. The van der Waals surface area contributed by atoms with E-state index in [0.717, 1.165) is 22.3 Å². The van der Waals surface area contributed by atoms with Gasteiger partial charge in [0, 0.05) is 50.2 Å². The second-order valence-electron chi connectivity index (χ2n) is 6.69. The van der Waals surface area contributed by atoms with Gasteiger partial charge < -0.3 is 9.15 Å². The minimum absolute atomic E-state index is 0.261. The molecule has 0 radical (unpaired) electrons. The van der Waals surface area contributed by atoms with E-state index in [2.05, 4.69) is 4.90 Å². The fourth-order valence-electron chi connectivity index (χ4n) is 3.40. The topological polar surface area (TPSA) is 80.1 Å². The smallest absolute Gasteiger partial charge is 0.336 e. The summed E-state index contributed by atoms with van der Waals surface area (Å²) in [7, 11) is -1.97. The number of ether oxygens (including phenoxy) is 1. The van der Waals surface area contributed by atoms with Crippen LogP contribution in [0, 0.1) is 0 Å². The van der Waals surface area contributed by atoms with Crippen molar-refractivity contribution in [2.75, 3.05) is 33.3 Å². The lowest BCUT2D eigenvalue weighted by molar-refractivity contribution is 0.182. The highest BCUT2D eigenvalue weighted by Crippen LogP contribution is 2.29. The van der Waals surface area contributed by atoms with Crippen LogP contribution in [0.3, 0.4) is 0 Å². The monoisotopic (exact) mass is 454 g/mol. The van der Waals surface area contributed by atoms with E-state index < -0.39 is 15.6 Å². The highest BCUT2D eigenvalue weighted by Gasteiger charge is 2.29.